The summed E-state index contributed by atoms with van der Waals surface area (Å²) in [5, 5.41) is 9.92. The Bertz CT molecular complexity index is 347. The Hall–Kier alpha value is -1.09. The van der Waals surface area contributed by atoms with E-state index in [1.165, 1.54) is 32.1 Å². The van der Waals surface area contributed by atoms with Crippen molar-refractivity contribution in [3.63, 3.8) is 0 Å². The Morgan fingerprint density at radius 2 is 2.27 bits per heavy atom. The molecule has 15 heavy (non-hydrogen) atoms. The molecule has 1 atom stereocenters. The van der Waals surface area contributed by atoms with Gasteiger partial charge in [-0.15, -0.1) is 0 Å². The van der Waals surface area contributed by atoms with Gasteiger partial charge in [0.2, 0.25) is 0 Å². The number of aliphatic hydroxyl groups is 1. The van der Waals surface area contributed by atoms with Gasteiger partial charge in [-0.25, -0.2) is 4.39 Å². The van der Waals surface area contributed by atoms with Gasteiger partial charge in [-0.2, -0.15) is 0 Å². The van der Waals surface area contributed by atoms with Crippen LogP contribution < -0.4 is 4.74 Å². The number of ether oxygens (including phenoxy) is 1. The minimum atomic E-state index is -0.608. The Morgan fingerprint density at radius 1 is 1.53 bits per heavy atom. The molecule has 1 saturated carbocycles. The predicted molar refractivity (Wildman–Crippen MR) is 55.3 cm³/mol. The van der Waals surface area contributed by atoms with E-state index in [0.29, 0.717) is 23.7 Å². The predicted octanol–water partition coefficient (Wildman–Crippen LogP) is 2.67. The minimum Gasteiger partial charge on any atom is -0.496 e. The molecule has 82 valence electrons. The first kappa shape index (κ1) is 10.4. The zero-order valence-corrected chi connectivity index (χ0v) is 8.74. The van der Waals surface area contributed by atoms with Crippen LogP contribution in [-0.4, -0.2) is 12.2 Å². The number of aliphatic hydroxyl groups excluding tert-OH is 1. The molecular formula is C12H15FO2. The fourth-order valence-corrected chi connectivity index (χ4v) is 1.76. The van der Waals surface area contributed by atoms with Gasteiger partial charge in [0, 0.05) is 5.56 Å². The average molecular weight is 210 g/mol. The van der Waals surface area contributed by atoms with Gasteiger partial charge < -0.3 is 9.84 Å². The topological polar surface area (TPSA) is 29.5 Å². The third-order valence-corrected chi connectivity index (χ3v) is 2.80. The Balaban J connectivity index is 2.18. The zero-order valence-electron chi connectivity index (χ0n) is 8.74. The van der Waals surface area contributed by atoms with Crippen LogP contribution in [0.2, 0.25) is 0 Å². The SMILES string of the molecule is COc1ccc(F)cc1C(O)CC1CC1. The van der Waals surface area contributed by atoms with Crippen LogP contribution in [0.3, 0.4) is 0 Å². The summed E-state index contributed by atoms with van der Waals surface area (Å²) in [6.07, 6.45) is 2.45. The molecule has 2 nitrogen and oxygen atoms in total. The summed E-state index contributed by atoms with van der Waals surface area (Å²) in [7, 11) is 1.53. The van der Waals surface area contributed by atoms with Crippen molar-refractivity contribution in [2.75, 3.05) is 7.11 Å². The maximum absolute atomic E-state index is 13.0. The fourth-order valence-electron chi connectivity index (χ4n) is 1.76. The zero-order chi connectivity index (χ0) is 10.8. The second kappa shape index (κ2) is 4.19. The van der Waals surface area contributed by atoms with Gasteiger partial charge in [0.25, 0.3) is 0 Å². The van der Waals surface area contributed by atoms with E-state index in [-0.39, 0.29) is 5.82 Å². The normalized spacial score (nSPS) is 17.5. The highest BCUT2D eigenvalue weighted by Gasteiger charge is 2.26. The number of hydrogen-bond donors (Lipinski definition) is 1. The van der Waals surface area contributed by atoms with Crippen molar-refractivity contribution in [1.82, 2.24) is 0 Å². The van der Waals surface area contributed by atoms with Crippen LogP contribution in [0.4, 0.5) is 4.39 Å². The number of halogens is 1. The highest BCUT2D eigenvalue weighted by atomic mass is 19.1. The molecule has 3 heteroatoms. The Morgan fingerprint density at radius 3 is 2.87 bits per heavy atom. The molecule has 1 N–H and O–H groups in total. The highest BCUT2D eigenvalue weighted by molar-refractivity contribution is 5.35. The monoisotopic (exact) mass is 210 g/mol. The molecule has 1 aliphatic rings. The summed E-state index contributed by atoms with van der Waals surface area (Å²) < 4.78 is 18.1. The second-order valence-corrected chi connectivity index (χ2v) is 4.08. The van der Waals surface area contributed by atoms with Crippen molar-refractivity contribution in [3.8, 4) is 5.75 Å². The van der Waals surface area contributed by atoms with Crippen LogP contribution in [0.1, 0.15) is 30.9 Å². The first-order valence-electron chi connectivity index (χ1n) is 5.22. The average Bonchev–Trinajstić information content (AvgIpc) is 3.01. The van der Waals surface area contributed by atoms with Gasteiger partial charge in [-0.3, -0.25) is 0 Å². The summed E-state index contributed by atoms with van der Waals surface area (Å²) in [5.41, 5.74) is 0.560. The van der Waals surface area contributed by atoms with E-state index in [9.17, 15) is 9.50 Å². The summed E-state index contributed by atoms with van der Waals surface area (Å²) in [6.45, 7) is 0. The third kappa shape index (κ3) is 2.48. The van der Waals surface area contributed by atoms with Crippen molar-refractivity contribution in [1.29, 1.82) is 0 Å². The summed E-state index contributed by atoms with van der Waals surface area (Å²) in [5.74, 6) is 0.832. The number of benzene rings is 1. The van der Waals surface area contributed by atoms with E-state index in [0.717, 1.165) is 0 Å². The molecular weight excluding hydrogens is 195 g/mol. The fraction of sp³-hybridized carbons (Fsp3) is 0.500. The van der Waals surface area contributed by atoms with Crippen molar-refractivity contribution < 1.29 is 14.2 Å². The smallest absolute Gasteiger partial charge is 0.124 e. The summed E-state index contributed by atoms with van der Waals surface area (Å²) >= 11 is 0. The molecule has 0 spiro atoms. The molecule has 0 heterocycles. The second-order valence-electron chi connectivity index (χ2n) is 4.08. The molecule has 2 rings (SSSR count). The molecule has 0 amide bonds. The first-order chi connectivity index (χ1) is 7.20. The van der Waals surface area contributed by atoms with Gasteiger partial charge in [0.05, 0.1) is 13.2 Å². The minimum absolute atomic E-state index is 0.333. The maximum Gasteiger partial charge on any atom is 0.124 e. The number of rotatable bonds is 4. The Kier molecular flexibility index (Phi) is 2.91. The first-order valence-corrected chi connectivity index (χ1v) is 5.22. The lowest BCUT2D eigenvalue weighted by Gasteiger charge is -2.14. The van der Waals surface area contributed by atoms with Crippen LogP contribution in [-0.2, 0) is 0 Å². The van der Waals surface area contributed by atoms with Crippen molar-refractivity contribution in [2.24, 2.45) is 5.92 Å². The van der Waals surface area contributed by atoms with E-state index >= 15 is 0 Å². The van der Waals surface area contributed by atoms with Crippen LogP contribution in [0.25, 0.3) is 0 Å². The van der Waals surface area contributed by atoms with Crippen molar-refractivity contribution >= 4 is 0 Å². The molecule has 1 aliphatic carbocycles. The van der Waals surface area contributed by atoms with E-state index in [2.05, 4.69) is 0 Å². The van der Waals surface area contributed by atoms with E-state index in [1.54, 1.807) is 6.07 Å². The van der Waals surface area contributed by atoms with Gasteiger partial charge in [0.15, 0.2) is 0 Å². The summed E-state index contributed by atoms with van der Waals surface area (Å²) in [6, 6.07) is 4.25. The molecule has 0 bridgehead atoms. The van der Waals surface area contributed by atoms with Crippen LogP contribution >= 0.6 is 0 Å². The number of methoxy groups -OCH3 is 1. The lowest BCUT2D eigenvalue weighted by Crippen LogP contribution is -2.02. The van der Waals surface area contributed by atoms with Crippen molar-refractivity contribution in [3.05, 3.63) is 29.6 Å². The van der Waals surface area contributed by atoms with Crippen LogP contribution in [0.5, 0.6) is 5.75 Å². The van der Waals surface area contributed by atoms with Gasteiger partial charge in [-0.1, -0.05) is 12.8 Å². The molecule has 1 aromatic rings. The lowest BCUT2D eigenvalue weighted by molar-refractivity contribution is 0.156. The van der Waals surface area contributed by atoms with Crippen LogP contribution in [0.15, 0.2) is 18.2 Å². The van der Waals surface area contributed by atoms with Gasteiger partial charge >= 0.3 is 0 Å². The van der Waals surface area contributed by atoms with Gasteiger partial charge in [0.1, 0.15) is 11.6 Å². The Labute approximate surface area is 88.7 Å². The third-order valence-electron chi connectivity index (χ3n) is 2.80. The molecule has 0 radical (unpaired) electrons. The largest absolute Gasteiger partial charge is 0.496 e. The molecule has 1 fully saturated rings. The highest BCUT2D eigenvalue weighted by Crippen LogP contribution is 2.39. The standard InChI is InChI=1S/C12H15FO2/c1-15-12-5-4-9(13)7-10(12)11(14)6-8-2-3-8/h4-5,7-8,11,14H,2-3,6H2,1H3. The van der Waals surface area contributed by atoms with E-state index in [4.69, 9.17) is 4.74 Å². The van der Waals surface area contributed by atoms with E-state index in [1.807, 2.05) is 0 Å². The van der Waals surface area contributed by atoms with Crippen molar-refractivity contribution in [2.45, 2.75) is 25.4 Å². The maximum atomic E-state index is 13.0. The van der Waals surface area contributed by atoms with E-state index < -0.39 is 6.10 Å². The molecule has 0 aromatic heterocycles. The summed E-state index contributed by atoms with van der Waals surface area (Å²) in [4.78, 5) is 0. The quantitative estimate of drug-likeness (QED) is 0.827. The lowest BCUT2D eigenvalue weighted by atomic mass is 10.0. The van der Waals surface area contributed by atoms with Gasteiger partial charge in [-0.05, 0) is 30.5 Å². The molecule has 1 unspecified atom stereocenters. The molecule has 0 saturated heterocycles. The van der Waals surface area contributed by atoms with Crippen LogP contribution in [0, 0.1) is 11.7 Å². The number of hydrogen-bond acceptors (Lipinski definition) is 2. The molecule has 1 aromatic carbocycles. The molecule has 0 aliphatic heterocycles.